The molecule has 0 fully saturated rings. The Morgan fingerprint density at radius 3 is 2.60 bits per heavy atom. The van der Waals surface area contributed by atoms with Crippen molar-refractivity contribution in [2.24, 2.45) is 0 Å². The predicted octanol–water partition coefficient (Wildman–Crippen LogP) is 1.43. The molecule has 0 bridgehead atoms. The zero-order valence-electron chi connectivity index (χ0n) is 10.3. The SMILES string of the molecule is O=C(O)CCCNS(=O)(=O)c1ccccc1OC(F)F. The fraction of sp³-hybridized carbons (Fsp3) is 0.364. The lowest BCUT2D eigenvalue weighted by atomic mass is 10.3. The number of hydrogen-bond donors (Lipinski definition) is 2. The molecule has 0 atom stereocenters. The van der Waals surface area contributed by atoms with Gasteiger partial charge in [-0.2, -0.15) is 8.78 Å². The number of rotatable bonds is 8. The molecule has 20 heavy (non-hydrogen) atoms. The van der Waals surface area contributed by atoms with Crippen molar-refractivity contribution < 1.29 is 31.8 Å². The van der Waals surface area contributed by atoms with Gasteiger partial charge in [-0.1, -0.05) is 12.1 Å². The molecule has 0 aromatic heterocycles. The number of carbonyl (C=O) groups is 1. The number of ether oxygens (including phenoxy) is 1. The van der Waals surface area contributed by atoms with Crippen molar-refractivity contribution in [3.63, 3.8) is 0 Å². The summed E-state index contributed by atoms with van der Waals surface area (Å²) in [6.07, 6.45) is -0.107. The molecule has 1 aromatic rings. The molecular weight excluding hydrogens is 296 g/mol. The van der Waals surface area contributed by atoms with Gasteiger partial charge in [0, 0.05) is 13.0 Å². The van der Waals surface area contributed by atoms with Crippen molar-refractivity contribution in [3.8, 4) is 5.75 Å². The molecule has 0 unspecified atom stereocenters. The summed E-state index contributed by atoms with van der Waals surface area (Å²) < 4.78 is 54.4. The molecule has 0 amide bonds. The van der Waals surface area contributed by atoms with E-state index in [1.54, 1.807) is 0 Å². The molecule has 1 aromatic carbocycles. The van der Waals surface area contributed by atoms with Crippen LogP contribution in [0.3, 0.4) is 0 Å². The maximum absolute atomic E-state index is 12.2. The van der Waals surface area contributed by atoms with Gasteiger partial charge >= 0.3 is 12.6 Å². The first-order valence-corrected chi connectivity index (χ1v) is 7.06. The Bertz CT molecular complexity index is 562. The minimum Gasteiger partial charge on any atom is -0.481 e. The van der Waals surface area contributed by atoms with Crippen LogP contribution in [0.4, 0.5) is 8.78 Å². The molecule has 0 spiro atoms. The minimum atomic E-state index is -4.04. The molecule has 9 heteroatoms. The molecule has 1 rings (SSSR count). The summed E-state index contributed by atoms with van der Waals surface area (Å²) in [4.78, 5) is 9.87. The van der Waals surface area contributed by atoms with E-state index in [1.165, 1.54) is 12.1 Å². The zero-order chi connectivity index (χ0) is 15.2. The highest BCUT2D eigenvalue weighted by Gasteiger charge is 2.20. The second-order valence-corrected chi connectivity index (χ2v) is 5.46. The van der Waals surface area contributed by atoms with E-state index in [2.05, 4.69) is 9.46 Å². The van der Waals surface area contributed by atoms with Crippen LogP contribution >= 0.6 is 0 Å². The lowest BCUT2D eigenvalue weighted by Crippen LogP contribution is -2.26. The van der Waals surface area contributed by atoms with Crippen LogP contribution in [0.5, 0.6) is 5.75 Å². The van der Waals surface area contributed by atoms with E-state index < -0.39 is 33.2 Å². The number of sulfonamides is 1. The van der Waals surface area contributed by atoms with E-state index in [4.69, 9.17) is 5.11 Å². The molecule has 0 radical (unpaired) electrons. The summed E-state index contributed by atoms with van der Waals surface area (Å²) >= 11 is 0. The molecular formula is C11H13F2NO5S. The molecule has 2 N–H and O–H groups in total. The predicted molar refractivity (Wildman–Crippen MR) is 65.1 cm³/mol. The quantitative estimate of drug-likeness (QED) is 0.709. The standard InChI is InChI=1S/C11H13F2NO5S/c12-11(13)19-8-4-1-2-5-9(8)20(17,18)14-7-3-6-10(15)16/h1-2,4-5,11,14H,3,6-7H2,(H,15,16). The number of carboxylic acids is 1. The maximum Gasteiger partial charge on any atom is 0.387 e. The lowest BCUT2D eigenvalue weighted by Gasteiger charge is -2.11. The fourth-order valence-electron chi connectivity index (χ4n) is 1.39. The van der Waals surface area contributed by atoms with Gasteiger partial charge in [0.05, 0.1) is 0 Å². The molecule has 0 aliphatic carbocycles. The summed E-state index contributed by atoms with van der Waals surface area (Å²) in [5.41, 5.74) is 0. The van der Waals surface area contributed by atoms with Crippen LogP contribution in [0.15, 0.2) is 29.2 Å². The van der Waals surface area contributed by atoms with Crippen LogP contribution in [0.1, 0.15) is 12.8 Å². The lowest BCUT2D eigenvalue weighted by molar-refractivity contribution is -0.137. The van der Waals surface area contributed by atoms with Crippen LogP contribution < -0.4 is 9.46 Å². The molecule has 0 aliphatic rings. The van der Waals surface area contributed by atoms with E-state index in [9.17, 15) is 22.0 Å². The Hall–Kier alpha value is -1.74. The van der Waals surface area contributed by atoms with Gasteiger partial charge < -0.3 is 9.84 Å². The average molecular weight is 309 g/mol. The van der Waals surface area contributed by atoms with Crippen molar-refractivity contribution >= 4 is 16.0 Å². The molecule has 0 saturated heterocycles. The van der Waals surface area contributed by atoms with Gasteiger partial charge in [0.1, 0.15) is 10.6 Å². The van der Waals surface area contributed by atoms with Crippen LogP contribution in [-0.2, 0) is 14.8 Å². The van der Waals surface area contributed by atoms with Crippen molar-refractivity contribution in [3.05, 3.63) is 24.3 Å². The first kappa shape index (κ1) is 16.3. The Morgan fingerprint density at radius 1 is 1.35 bits per heavy atom. The van der Waals surface area contributed by atoms with Gasteiger partial charge in [-0.15, -0.1) is 0 Å². The van der Waals surface area contributed by atoms with Crippen LogP contribution in [0, 0.1) is 0 Å². The highest BCUT2D eigenvalue weighted by Crippen LogP contribution is 2.24. The van der Waals surface area contributed by atoms with Gasteiger partial charge in [0.25, 0.3) is 0 Å². The van der Waals surface area contributed by atoms with Crippen LogP contribution in [0.2, 0.25) is 0 Å². The van der Waals surface area contributed by atoms with Gasteiger partial charge in [-0.05, 0) is 18.6 Å². The second kappa shape index (κ2) is 7.15. The Kier molecular flexibility index (Phi) is 5.83. The first-order valence-electron chi connectivity index (χ1n) is 5.58. The van der Waals surface area contributed by atoms with Crippen LogP contribution in [-0.4, -0.2) is 32.6 Å². The summed E-state index contributed by atoms with van der Waals surface area (Å²) in [7, 11) is -4.04. The van der Waals surface area contributed by atoms with Crippen molar-refractivity contribution in [2.45, 2.75) is 24.3 Å². The summed E-state index contributed by atoms with van der Waals surface area (Å²) in [5, 5.41) is 8.42. The number of nitrogens with one attached hydrogen (secondary N) is 1. The molecule has 0 saturated carbocycles. The van der Waals surface area contributed by atoms with Crippen molar-refractivity contribution in [1.82, 2.24) is 4.72 Å². The molecule has 6 nitrogen and oxygen atoms in total. The van der Waals surface area contributed by atoms with Gasteiger partial charge in [-0.25, -0.2) is 13.1 Å². The smallest absolute Gasteiger partial charge is 0.387 e. The molecule has 0 heterocycles. The second-order valence-electron chi connectivity index (χ2n) is 3.72. The third-order valence-corrected chi connectivity index (χ3v) is 3.71. The summed E-state index contributed by atoms with van der Waals surface area (Å²) in [6.45, 7) is -3.25. The normalized spacial score (nSPS) is 11.6. The number of hydrogen-bond acceptors (Lipinski definition) is 4. The number of carboxylic acid groups (broad SMARTS) is 1. The fourth-order valence-corrected chi connectivity index (χ4v) is 2.60. The molecule has 0 aliphatic heterocycles. The Morgan fingerprint density at radius 2 is 2.00 bits per heavy atom. The summed E-state index contributed by atoms with van der Waals surface area (Å²) in [5.74, 6) is -1.51. The maximum atomic E-state index is 12.2. The van der Waals surface area contributed by atoms with E-state index in [1.807, 2.05) is 0 Å². The number of halogens is 2. The number of benzene rings is 1. The minimum absolute atomic E-state index is 0.0897. The highest BCUT2D eigenvalue weighted by molar-refractivity contribution is 7.89. The monoisotopic (exact) mass is 309 g/mol. The van der Waals surface area contributed by atoms with E-state index in [-0.39, 0.29) is 19.4 Å². The van der Waals surface area contributed by atoms with E-state index >= 15 is 0 Å². The van der Waals surface area contributed by atoms with E-state index in [0.717, 1.165) is 12.1 Å². The number of alkyl halides is 2. The number of para-hydroxylation sites is 1. The highest BCUT2D eigenvalue weighted by atomic mass is 32.2. The van der Waals surface area contributed by atoms with E-state index in [0.29, 0.717) is 0 Å². The zero-order valence-corrected chi connectivity index (χ0v) is 11.1. The topological polar surface area (TPSA) is 92.7 Å². The van der Waals surface area contributed by atoms with Gasteiger partial charge in [-0.3, -0.25) is 4.79 Å². The Labute approximate surface area is 114 Å². The third-order valence-electron chi connectivity index (χ3n) is 2.21. The average Bonchev–Trinajstić information content (AvgIpc) is 2.34. The summed E-state index contributed by atoms with van der Waals surface area (Å²) in [6, 6.07) is 4.96. The number of aliphatic carboxylic acids is 1. The van der Waals surface area contributed by atoms with Gasteiger partial charge in [0.15, 0.2) is 0 Å². The first-order chi connectivity index (χ1) is 9.33. The van der Waals surface area contributed by atoms with Crippen molar-refractivity contribution in [1.29, 1.82) is 0 Å². The van der Waals surface area contributed by atoms with Gasteiger partial charge in [0.2, 0.25) is 10.0 Å². The largest absolute Gasteiger partial charge is 0.481 e. The van der Waals surface area contributed by atoms with Crippen molar-refractivity contribution in [2.75, 3.05) is 6.54 Å². The third kappa shape index (κ3) is 5.10. The molecule has 112 valence electrons. The Balaban J connectivity index is 2.79. The van der Waals surface area contributed by atoms with Crippen LogP contribution in [0.25, 0.3) is 0 Å².